The number of halogens is 1. The van der Waals surface area contributed by atoms with Gasteiger partial charge >= 0.3 is 5.97 Å². The van der Waals surface area contributed by atoms with E-state index in [4.69, 9.17) is 11.6 Å². The van der Waals surface area contributed by atoms with Gasteiger partial charge in [0.1, 0.15) is 0 Å². The van der Waals surface area contributed by atoms with Crippen LogP contribution in [0.25, 0.3) is 10.9 Å². The normalized spacial score (nSPS) is 27.0. The van der Waals surface area contributed by atoms with Crippen LogP contribution in [-0.2, 0) is 26.3 Å². The highest BCUT2D eigenvalue weighted by Gasteiger charge is 2.57. The first-order chi connectivity index (χ1) is 15.3. The fourth-order valence-electron chi connectivity index (χ4n) is 6.10. The topological polar surface area (TPSA) is 125 Å². The van der Waals surface area contributed by atoms with Crippen LogP contribution < -0.4 is 0 Å². The van der Waals surface area contributed by atoms with E-state index in [0.717, 1.165) is 54.5 Å². The van der Waals surface area contributed by atoms with E-state index in [-0.39, 0.29) is 30.1 Å². The molecule has 4 N–H and O–H groups in total. The number of H-pyrrole nitrogens is 1. The Morgan fingerprint density at radius 2 is 1.94 bits per heavy atom. The van der Waals surface area contributed by atoms with Gasteiger partial charge in [0.2, 0.25) is 11.8 Å². The SMILES string of the molecule is C[C@@]12c3[nH]c4ccc(Cl)cc4c3CCN1C(=O)[C@H](CC(=O)O)C[C@H]2C(=O)N1CCCCC1.O. The molecule has 3 aliphatic heterocycles. The molecule has 8 nitrogen and oxygen atoms in total. The summed E-state index contributed by atoms with van der Waals surface area (Å²) in [5, 5.41) is 11.1. The van der Waals surface area contributed by atoms with Gasteiger partial charge in [-0.05, 0) is 62.8 Å². The van der Waals surface area contributed by atoms with Gasteiger partial charge < -0.3 is 25.4 Å². The number of aromatic nitrogens is 1. The predicted octanol–water partition coefficient (Wildman–Crippen LogP) is 2.72. The van der Waals surface area contributed by atoms with Crippen LogP contribution in [0.1, 0.15) is 50.3 Å². The zero-order chi connectivity index (χ0) is 22.6. The lowest BCUT2D eigenvalue weighted by molar-refractivity contribution is -0.166. The molecule has 9 heteroatoms. The molecular formula is C24H30ClN3O5. The lowest BCUT2D eigenvalue weighted by atomic mass is 9.67. The predicted molar refractivity (Wildman–Crippen MR) is 124 cm³/mol. The number of nitrogens with zero attached hydrogens (tertiary/aromatic N) is 2. The molecule has 178 valence electrons. The zero-order valence-electron chi connectivity index (χ0n) is 18.7. The Hall–Kier alpha value is -2.58. The minimum Gasteiger partial charge on any atom is -0.481 e. The monoisotopic (exact) mass is 475 g/mol. The standard InChI is InChI=1S/C24H28ClN3O4.H2O/c1-24-18(23(32)27-8-3-2-4-9-27)11-14(12-20(29)30)22(31)28(24)10-7-16-17-13-15(25)5-6-19(17)26-21(16)24;/h5-6,13-14,18,26H,2-4,7-12H2,1H3,(H,29,30);1H2/t14-,18-,24+;/m0./s1. The number of fused-ring (bicyclic) bond motifs is 5. The third-order valence-corrected chi connectivity index (χ3v) is 7.96. The summed E-state index contributed by atoms with van der Waals surface area (Å²) < 4.78 is 0. The fourth-order valence-corrected chi connectivity index (χ4v) is 6.27. The summed E-state index contributed by atoms with van der Waals surface area (Å²) in [7, 11) is 0. The number of piperidine rings is 2. The van der Waals surface area contributed by atoms with Crippen molar-refractivity contribution in [1.82, 2.24) is 14.8 Å². The number of nitrogens with one attached hydrogen (secondary N) is 1. The number of amides is 2. The first-order valence-electron chi connectivity index (χ1n) is 11.4. The van der Waals surface area contributed by atoms with E-state index in [2.05, 4.69) is 4.98 Å². The molecule has 0 bridgehead atoms. The number of benzene rings is 1. The summed E-state index contributed by atoms with van der Waals surface area (Å²) in [5.41, 5.74) is 2.08. The van der Waals surface area contributed by atoms with Crippen LogP contribution in [-0.4, -0.2) is 62.8 Å². The van der Waals surface area contributed by atoms with Crippen LogP contribution in [0.15, 0.2) is 18.2 Å². The molecule has 3 aliphatic rings. The third kappa shape index (κ3) is 3.69. The molecule has 1 aromatic heterocycles. The highest BCUT2D eigenvalue weighted by atomic mass is 35.5. The van der Waals surface area contributed by atoms with Crippen molar-refractivity contribution in [3.05, 3.63) is 34.5 Å². The van der Waals surface area contributed by atoms with E-state index in [9.17, 15) is 19.5 Å². The van der Waals surface area contributed by atoms with Crippen molar-refractivity contribution in [3.63, 3.8) is 0 Å². The van der Waals surface area contributed by atoms with Gasteiger partial charge in [-0.25, -0.2) is 0 Å². The van der Waals surface area contributed by atoms with Crippen LogP contribution in [0.5, 0.6) is 0 Å². The molecule has 2 aromatic rings. The van der Waals surface area contributed by atoms with Crippen molar-refractivity contribution in [1.29, 1.82) is 0 Å². The maximum Gasteiger partial charge on any atom is 0.304 e. The first-order valence-corrected chi connectivity index (χ1v) is 11.8. The van der Waals surface area contributed by atoms with Gasteiger partial charge in [0.15, 0.2) is 0 Å². The second kappa shape index (κ2) is 8.65. The quantitative estimate of drug-likeness (QED) is 0.707. The van der Waals surface area contributed by atoms with Crippen LogP contribution in [0, 0.1) is 11.8 Å². The molecule has 0 spiro atoms. The van der Waals surface area contributed by atoms with Crippen LogP contribution in [0.2, 0.25) is 5.02 Å². The molecule has 2 amide bonds. The maximum atomic E-state index is 13.8. The molecule has 0 radical (unpaired) electrons. The van der Waals surface area contributed by atoms with E-state index < -0.39 is 23.3 Å². The lowest BCUT2D eigenvalue weighted by Crippen LogP contribution is -2.64. The summed E-state index contributed by atoms with van der Waals surface area (Å²) >= 11 is 6.27. The van der Waals surface area contributed by atoms with Crippen molar-refractivity contribution in [2.24, 2.45) is 11.8 Å². The second-order valence-electron chi connectivity index (χ2n) is 9.52. The third-order valence-electron chi connectivity index (χ3n) is 7.72. The van der Waals surface area contributed by atoms with Crippen LogP contribution >= 0.6 is 11.6 Å². The summed E-state index contributed by atoms with van der Waals surface area (Å²) in [4.78, 5) is 46.0. The van der Waals surface area contributed by atoms with E-state index in [0.29, 0.717) is 18.0 Å². The molecule has 2 saturated heterocycles. The van der Waals surface area contributed by atoms with Gasteiger partial charge in [0.05, 0.1) is 17.9 Å². The number of carboxylic acids is 1. The molecule has 2 fully saturated rings. The molecule has 0 unspecified atom stereocenters. The maximum absolute atomic E-state index is 13.8. The number of aliphatic carboxylic acids is 1. The second-order valence-corrected chi connectivity index (χ2v) is 9.96. The van der Waals surface area contributed by atoms with Crippen molar-refractivity contribution in [2.45, 2.75) is 51.0 Å². The fraction of sp³-hybridized carbons (Fsp3) is 0.542. The van der Waals surface area contributed by atoms with Crippen molar-refractivity contribution in [2.75, 3.05) is 19.6 Å². The summed E-state index contributed by atoms with van der Waals surface area (Å²) in [6.07, 6.45) is 3.72. The van der Waals surface area contributed by atoms with E-state index in [1.807, 2.05) is 30.0 Å². The number of carbonyl (C=O) groups excluding carboxylic acids is 2. The summed E-state index contributed by atoms with van der Waals surface area (Å²) in [6, 6.07) is 5.70. The Morgan fingerprint density at radius 3 is 2.64 bits per heavy atom. The van der Waals surface area contributed by atoms with Gasteiger partial charge in [-0.3, -0.25) is 14.4 Å². The van der Waals surface area contributed by atoms with Gasteiger partial charge in [0.25, 0.3) is 0 Å². The molecule has 33 heavy (non-hydrogen) atoms. The van der Waals surface area contributed by atoms with Crippen molar-refractivity contribution >= 4 is 40.3 Å². The molecule has 0 aliphatic carbocycles. The summed E-state index contributed by atoms with van der Waals surface area (Å²) in [5.74, 6) is -2.32. The number of carboxylic acid groups (broad SMARTS) is 1. The Balaban J connectivity index is 0.00000259. The van der Waals surface area contributed by atoms with Gasteiger partial charge in [-0.1, -0.05) is 11.6 Å². The number of aromatic amines is 1. The van der Waals surface area contributed by atoms with E-state index >= 15 is 0 Å². The average molecular weight is 476 g/mol. The zero-order valence-corrected chi connectivity index (χ0v) is 19.5. The lowest BCUT2D eigenvalue weighted by Gasteiger charge is -2.54. The van der Waals surface area contributed by atoms with Crippen LogP contribution in [0.3, 0.4) is 0 Å². The smallest absolute Gasteiger partial charge is 0.304 e. The number of carbonyl (C=O) groups is 3. The Morgan fingerprint density at radius 1 is 1.21 bits per heavy atom. The Kier molecular flexibility index (Phi) is 6.18. The van der Waals surface area contributed by atoms with Gasteiger partial charge in [-0.15, -0.1) is 0 Å². The van der Waals surface area contributed by atoms with Crippen molar-refractivity contribution < 1.29 is 25.0 Å². The largest absolute Gasteiger partial charge is 0.481 e. The number of likely N-dealkylation sites (tertiary alicyclic amines) is 1. The van der Waals surface area contributed by atoms with Gasteiger partial charge in [-0.2, -0.15) is 0 Å². The average Bonchev–Trinajstić information content (AvgIpc) is 3.15. The van der Waals surface area contributed by atoms with Crippen molar-refractivity contribution in [3.8, 4) is 0 Å². The molecule has 0 saturated carbocycles. The summed E-state index contributed by atoms with van der Waals surface area (Å²) in [6.45, 7) is 3.88. The van der Waals surface area contributed by atoms with E-state index in [1.54, 1.807) is 4.90 Å². The van der Waals surface area contributed by atoms with E-state index in [1.165, 1.54) is 0 Å². The number of rotatable bonds is 3. The molecule has 3 atom stereocenters. The minimum atomic E-state index is -1.01. The highest BCUT2D eigenvalue weighted by molar-refractivity contribution is 6.31. The molecule has 1 aromatic carbocycles. The molecule has 4 heterocycles. The molecular weight excluding hydrogens is 446 g/mol. The Bertz CT molecular complexity index is 1110. The number of hydrogen-bond donors (Lipinski definition) is 2. The van der Waals surface area contributed by atoms with Gasteiger partial charge in [0, 0.05) is 47.2 Å². The van der Waals surface area contributed by atoms with Crippen LogP contribution in [0.4, 0.5) is 0 Å². The molecule has 5 rings (SSSR count). The first kappa shape index (κ1) is 23.6. The number of hydrogen-bond acceptors (Lipinski definition) is 3. The highest BCUT2D eigenvalue weighted by Crippen LogP contribution is 2.50. The Labute approximate surface area is 197 Å². The minimum absolute atomic E-state index is 0.